The molecular formula is C9H15N3. The molecule has 2 N–H and O–H groups in total. The van der Waals surface area contributed by atoms with Crippen LogP contribution in [-0.2, 0) is 0 Å². The Morgan fingerprint density at radius 3 is 3.25 bits per heavy atom. The minimum absolute atomic E-state index is 0.402. The summed E-state index contributed by atoms with van der Waals surface area (Å²) in [5, 5.41) is 5.54. The predicted molar refractivity (Wildman–Crippen MR) is 48.9 cm³/mol. The number of nitrogens with zero attached hydrogens (tertiary/aromatic N) is 1. The minimum Gasteiger partial charge on any atom is -0.369 e. The van der Waals surface area contributed by atoms with Crippen LogP contribution in [0.1, 0.15) is 19.8 Å². The monoisotopic (exact) mass is 165 g/mol. The summed E-state index contributed by atoms with van der Waals surface area (Å²) in [6, 6.07) is 0. The van der Waals surface area contributed by atoms with Crippen molar-refractivity contribution in [2.75, 3.05) is 6.54 Å². The maximum atomic E-state index is 3.43. The smallest absolute Gasteiger partial charge is 0.0942 e. The zero-order valence-corrected chi connectivity index (χ0v) is 7.38. The molecule has 0 aliphatic carbocycles. The van der Waals surface area contributed by atoms with Gasteiger partial charge in [-0.15, -0.1) is 0 Å². The van der Waals surface area contributed by atoms with Crippen molar-refractivity contribution < 1.29 is 0 Å². The number of rotatable bonds is 2. The molecule has 0 amide bonds. The molecule has 0 aromatic carbocycles. The molecule has 12 heavy (non-hydrogen) atoms. The van der Waals surface area contributed by atoms with E-state index in [4.69, 9.17) is 0 Å². The second kappa shape index (κ2) is 3.19. The van der Waals surface area contributed by atoms with Gasteiger partial charge in [-0.05, 0) is 18.6 Å². The molecular weight excluding hydrogens is 150 g/mol. The van der Waals surface area contributed by atoms with Gasteiger partial charge in [-0.3, -0.25) is 0 Å². The summed E-state index contributed by atoms with van der Waals surface area (Å²) in [5.41, 5.74) is 4.64. The molecule has 1 unspecified atom stereocenters. The van der Waals surface area contributed by atoms with E-state index in [-0.39, 0.29) is 0 Å². The summed E-state index contributed by atoms with van der Waals surface area (Å²) in [6.45, 7) is 3.17. The van der Waals surface area contributed by atoms with Gasteiger partial charge < -0.3 is 10.3 Å². The number of hydrogen-bond donors (Lipinski definition) is 2. The van der Waals surface area contributed by atoms with Gasteiger partial charge in [-0.25, -0.2) is 5.43 Å². The summed E-state index contributed by atoms with van der Waals surface area (Å²) in [4.78, 5) is 0. The second-order valence-corrected chi connectivity index (χ2v) is 3.24. The summed E-state index contributed by atoms with van der Waals surface area (Å²) >= 11 is 0. The fourth-order valence-electron chi connectivity index (χ4n) is 1.56. The fourth-order valence-corrected chi connectivity index (χ4v) is 1.56. The molecule has 0 radical (unpaired) electrons. The van der Waals surface area contributed by atoms with Crippen LogP contribution in [0.4, 0.5) is 0 Å². The highest BCUT2D eigenvalue weighted by Gasteiger charge is 2.16. The van der Waals surface area contributed by atoms with Gasteiger partial charge in [0.2, 0.25) is 0 Å². The van der Waals surface area contributed by atoms with Crippen LogP contribution in [0.5, 0.6) is 0 Å². The molecule has 3 aliphatic heterocycles. The molecule has 3 heteroatoms. The van der Waals surface area contributed by atoms with Gasteiger partial charge in [0.15, 0.2) is 0 Å². The van der Waals surface area contributed by atoms with Gasteiger partial charge in [0.05, 0.1) is 12.7 Å². The topological polar surface area (TPSA) is 27.3 Å². The van der Waals surface area contributed by atoms with E-state index in [1.807, 2.05) is 0 Å². The van der Waals surface area contributed by atoms with E-state index < -0.39 is 0 Å². The Kier molecular flexibility index (Phi) is 2.04. The highest BCUT2D eigenvalue weighted by Crippen LogP contribution is 2.10. The Morgan fingerprint density at radius 2 is 2.58 bits per heavy atom. The molecule has 66 valence electrons. The third-order valence-corrected chi connectivity index (χ3v) is 2.18. The van der Waals surface area contributed by atoms with Crippen LogP contribution in [0.25, 0.3) is 0 Å². The standard InChI is InChI=1S/C9H15N3/c1-2-3-9-10-8-4-6-12(11-9)7-5-8/h4-6,9-11H,2-3,7H2,1H3. The Balaban J connectivity index is 2.03. The largest absolute Gasteiger partial charge is 0.369 e. The molecule has 0 spiro atoms. The third kappa shape index (κ3) is 1.46. The summed E-state index contributed by atoms with van der Waals surface area (Å²) in [5.74, 6) is 0. The molecule has 3 nitrogen and oxygen atoms in total. The maximum Gasteiger partial charge on any atom is 0.0942 e. The lowest BCUT2D eigenvalue weighted by Gasteiger charge is -2.23. The first-order chi connectivity index (χ1) is 5.88. The first-order valence-electron chi connectivity index (χ1n) is 4.56. The first-order valence-corrected chi connectivity index (χ1v) is 4.56. The van der Waals surface area contributed by atoms with Crippen molar-refractivity contribution in [3.63, 3.8) is 0 Å². The van der Waals surface area contributed by atoms with Crippen LogP contribution in [0, 0.1) is 0 Å². The number of allylic oxidation sites excluding steroid dienone is 1. The van der Waals surface area contributed by atoms with Gasteiger partial charge in [-0.2, -0.15) is 0 Å². The first kappa shape index (κ1) is 7.68. The summed E-state index contributed by atoms with van der Waals surface area (Å²) in [6.07, 6.45) is 9.15. The fraction of sp³-hybridized carbons (Fsp3) is 0.556. The lowest BCUT2D eigenvalue weighted by Crippen LogP contribution is -2.45. The Hall–Kier alpha value is -0.960. The average molecular weight is 165 g/mol. The van der Waals surface area contributed by atoms with Crippen LogP contribution in [0.15, 0.2) is 24.0 Å². The molecule has 1 atom stereocenters. The third-order valence-electron chi connectivity index (χ3n) is 2.18. The van der Waals surface area contributed by atoms with E-state index >= 15 is 0 Å². The number of hydrazine groups is 1. The van der Waals surface area contributed by atoms with E-state index in [1.165, 1.54) is 12.1 Å². The number of hydrogen-bond acceptors (Lipinski definition) is 3. The van der Waals surface area contributed by atoms with E-state index in [1.54, 1.807) is 0 Å². The number of nitrogens with one attached hydrogen (secondary N) is 2. The van der Waals surface area contributed by atoms with Crippen LogP contribution < -0.4 is 10.7 Å². The van der Waals surface area contributed by atoms with Crippen LogP contribution in [0.3, 0.4) is 0 Å². The van der Waals surface area contributed by atoms with E-state index in [0.29, 0.717) is 6.17 Å². The Labute approximate surface area is 73.1 Å². The van der Waals surface area contributed by atoms with Gasteiger partial charge in [-0.1, -0.05) is 13.3 Å². The summed E-state index contributed by atoms with van der Waals surface area (Å²) in [7, 11) is 0. The molecule has 0 aromatic heterocycles. The second-order valence-electron chi connectivity index (χ2n) is 3.24. The van der Waals surface area contributed by atoms with Crippen molar-refractivity contribution in [2.24, 2.45) is 0 Å². The molecule has 3 heterocycles. The van der Waals surface area contributed by atoms with Gasteiger partial charge in [0.1, 0.15) is 0 Å². The Morgan fingerprint density at radius 1 is 1.67 bits per heavy atom. The van der Waals surface area contributed by atoms with E-state index in [2.05, 4.69) is 41.0 Å². The molecule has 3 rings (SSSR count). The molecule has 0 saturated heterocycles. The van der Waals surface area contributed by atoms with Crippen molar-refractivity contribution >= 4 is 0 Å². The Bertz CT molecular complexity index is 220. The van der Waals surface area contributed by atoms with Gasteiger partial charge >= 0.3 is 0 Å². The molecule has 3 aliphatic rings. The average Bonchev–Trinajstić information content (AvgIpc) is 2.36. The number of fused-ring (bicyclic) bond motifs is 3. The van der Waals surface area contributed by atoms with Crippen LogP contribution >= 0.6 is 0 Å². The highest BCUT2D eigenvalue weighted by atomic mass is 15.5. The zero-order valence-electron chi connectivity index (χ0n) is 7.38. The minimum atomic E-state index is 0.402. The van der Waals surface area contributed by atoms with Crippen molar-refractivity contribution in [2.45, 2.75) is 25.9 Å². The quantitative estimate of drug-likeness (QED) is 0.637. The lowest BCUT2D eigenvalue weighted by atomic mass is 10.2. The van der Waals surface area contributed by atoms with Gasteiger partial charge in [0, 0.05) is 11.9 Å². The predicted octanol–water partition coefficient (Wildman–Crippen LogP) is 0.934. The van der Waals surface area contributed by atoms with Crippen LogP contribution in [-0.4, -0.2) is 17.7 Å². The molecule has 0 fully saturated rings. The van der Waals surface area contributed by atoms with Crippen molar-refractivity contribution in [3.05, 3.63) is 24.0 Å². The normalized spacial score (nSPS) is 26.6. The van der Waals surface area contributed by atoms with Crippen molar-refractivity contribution in [1.29, 1.82) is 0 Å². The zero-order chi connectivity index (χ0) is 8.39. The van der Waals surface area contributed by atoms with Crippen LogP contribution in [0.2, 0.25) is 0 Å². The SMILES string of the molecule is CCCC1NC2=CCN(C=C2)N1. The van der Waals surface area contributed by atoms with E-state index in [9.17, 15) is 0 Å². The highest BCUT2D eigenvalue weighted by molar-refractivity contribution is 5.22. The molecule has 0 aromatic rings. The van der Waals surface area contributed by atoms with Crippen molar-refractivity contribution in [1.82, 2.24) is 15.8 Å². The molecule has 2 bridgehead atoms. The van der Waals surface area contributed by atoms with Crippen molar-refractivity contribution in [3.8, 4) is 0 Å². The van der Waals surface area contributed by atoms with Gasteiger partial charge in [0.25, 0.3) is 0 Å². The lowest BCUT2D eigenvalue weighted by molar-refractivity contribution is 0.238. The maximum absolute atomic E-state index is 3.43. The molecule has 0 saturated carbocycles. The summed E-state index contributed by atoms with van der Waals surface area (Å²) < 4.78 is 0. The van der Waals surface area contributed by atoms with E-state index in [0.717, 1.165) is 13.0 Å².